The summed E-state index contributed by atoms with van der Waals surface area (Å²) in [6.07, 6.45) is 0.590. The highest BCUT2D eigenvalue weighted by Crippen LogP contribution is 2.25. The van der Waals surface area contributed by atoms with Crippen molar-refractivity contribution in [3.05, 3.63) is 29.8 Å². The van der Waals surface area contributed by atoms with Crippen LogP contribution in [0.4, 0.5) is 5.69 Å². The molecule has 1 aliphatic heterocycles. The first-order valence-electron chi connectivity index (χ1n) is 6.36. The predicted molar refractivity (Wildman–Crippen MR) is 72.0 cm³/mol. The van der Waals surface area contributed by atoms with Crippen molar-refractivity contribution in [2.45, 2.75) is 32.4 Å². The van der Waals surface area contributed by atoms with Crippen LogP contribution in [0.3, 0.4) is 0 Å². The molecule has 1 amide bonds. The van der Waals surface area contributed by atoms with Gasteiger partial charge in [0.1, 0.15) is 12.1 Å². The molecular weight excluding hydrogens is 244 g/mol. The molecule has 1 heterocycles. The van der Waals surface area contributed by atoms with Gasteiger partial charge in [0.15, 0.2) is 0 Å². The maximum Gasteiger partial charge on any atom is 0.326 e. The van der Waals surface area contributed by atoms with Gasteiger partial charge >= 0.3 is 5.97 Å². The van der Waals surface area contributed by atoms with Crippen LogP contribution in [0.2, 0.25) is 0 Å². The molecule has 0 saturated carbocycles. The van der Waals surface area contributed by atoms with Crippen LogP contribution >= 0.6 is 0 Å². The number of hydrogen-bond acceptors (Lipinski definition) is 3. The first kappa shape index (κ1) is 13.4. The van der Waals surface area contributed by atoms with Crippen LogP contribution in [-0.2, 0) is 16.0 Å². The van der Waals surface area contributed by atoms with Gasteiger partial charge in [0.2, 0.25) is 5.91 Å². The highest BCUT2D eigenvalue weighted by atomic mass is 16.4. The van der Waals surface area contributed by atoms with Gasteiger partial charge in [-0.1, -0.05) is 32.0 Å². The fourth-order valence-corrected chi connectivity index (χ4v) is 2.22. The number of carboxylic acids is 1. The zero-order valence-electron chi connectivity index (χ0n) is 11.0. The number of carboxylic acid groups (broad SMARTS) is 1. The van der Waals surface area contributed by atoms with Gasteiger partial charge in [-0.3, -0.25) is 4.79 Å². The SMILES string of the molecule is CC(C)[C@@H](NC(=O)[C@@H]1Cc2ccccc2N1)C(=O)O. The van der Waals surface area contributed by atoms with Crippen LogP contribution in [-0.4, -0.2) is 29.1 Å². The van der Waals surface area contributed by atoms with Crippen LogP contribution in [0.1, 0.15) is 19.4 Å². The number of benzene rings is 1. The molecule has 5 heteroatoms. The molecule has 0 radical (unpaired) electrons. The van der Waals surface area contributed by atoms with E-state index in [0.717, 1.165) is 11.3 Å². The molecule has 0 saturated heterocycles. The van der Waals surface area contributed by atoms with E-state index in [9.17, 15) is 9.59 Å². The van der Waals surface area contributed by atoms with Gasteiger partial charge in [0.25, 0.3) is 0 Å². The lowest BCUT2D eigenvalue weighted by Gasteiger charge is -2.20. The molecule has 0 unspecified atom stereocenters. The first-order valence-corrected chi connectivity index (χ1v) is 6.36. The van der Waals surface area contributed by atoms with Crippen molar-refractivity contribution < 1.29 is 14.7 Å². The van der Waals surface area contributed by atoms with E-state index in [1.165, 1.54) is 0 Å². The quantitative estimate of drug-likeness (QED) is 0.763. The topological polar surface area (TPSA) is 78.4 Å². The maximum atomic E-state index is 12.1. The van der Waals surface area contributed by atoms with Gasteiger partial charge in [-0.2, -0.15) is 0 Å². The number of hydrogen-bond donors (Lipinski definition) is 3. The third kappa shape index (κ3) is 2.86. The smallest absolute Gasteiger partial charge is 0.326 e. The van der Waals surface area contributed by atoms with Gasteiger partial charge in [-0.05, 0) is 17.5 Å². The molecule has 0 spiro atoms. The number of anilines is 1. The predicted octanol–water partition coefficient (Wildman–Crippen LogP) is 1.25. The van der Waals surface area contributed by atoms with E-state index in [1.54, 1.807) is 13.8 Å². The van der Waals surface area contributed by atoms with Crippen LogP contribution in [0.15, 0.2) is 24.3 Å². The molecule has 1 aromatic rings. The Bertz CT molecular complexity index is 474. The van der Waals surface area contributed by atoms with Crippen molar-refractivity contribution in [1.82, 2.24) is 5.32 Å². The molecule has 19 heavy (non-hydrogen) atoms. The van der Waals surface area contributed by atoms with E-state index in [1.807, 2.05) is 24.3 Å². The van der Waals surface area contributed by atoms with Crippen molar-refractivity contribution >= 4 is 17.6 Å². The second kappa shape index (κ2) is 5.30. The molecular formula is C14H18N2O3. The van der Waals surface area contributed by atoms with Crippen LogP contribution in [0.5, 0.6) is 0 Å². The van der Waals surface area contributed by atoms with Crippen molar-refractivity contribution in [1.29, 1.82) is 0 Å². The fourth-order valence-electron chi connectivity index (χ4n) is 2.22. The minimum Gasteiger partial charge on any atom is -0.480 e. The summed E-state index contributed by atoms with van der Waals surface area (Å²) in [5.41, 5.74) is 2.03. The lowest BCUT2D eigenvalue weighted by Crippen LogP contribution is -2.49. The Morgan fingerprint density at radius 3 is 2.63 bits per heavy atom. The van der Waals surface area contributed by atoms with E-state index >= 15 is 0 Å². The Balaban J connectivity index is 2.01. The summed E-state index contributed by atoms with van der Waals surface area (Å²) in [4.78, 5) is 23.2. The number of carbonyl (C=O) groups is 2. The number of amides is 1. The summed E-state index contributed by atoms with van der Waals surface area (Å²) in [5.74, 6) is -1.42. The van der Waals surface area contributed by atoms with E-state index in [0.29, 0.717) is 6.42 Å². The Hall–Kier alpha value is -2.04. The van der Waals surface area contributed by atoms with Gasteiger partial charge in [-0.15, -0.1) is 0 Å². The molecule has 1 aromatic carbocycles. The molecule has 2 rings (SSSR count). The molecule has 0 fully saturated rings. The zero-order chi connectivity index (χ0) is 14.0. The highest BCUT2D eigenvalue weighted by molar-refractivity contribution is 5.90. The Labute approximate surface area is 112 Å². The van der Waals surface area contributed by atoms with E-state index in [2.05, 4.69) is 10.6 Å². The summed E-state index contributed by atoms with van der Waals surface area (Å²) in [7, 11) is 0. The van der Waals surface area contributed by atoms with E-state index < -0.39 is 18.1 Å². The minimum atomic E-state index is -1.00. The second-order valence-electron chi connectivity index (χ2n) is 5.13. The van der Waals surface area contributed by atoms with E-state index in [-0.39, 0.29) is 11.8 Å². The number of para-hydroxylation sites is 1. The monoisotopic (exact) mass is 262 g/mol. The molecule has 0 aliphatic carbocycles. The van der Waals surface area contributed by atoms with Gasteiger partial charge in [0, 0.05) is 12.1 Å². The van der Waals surface area contributed by atoms with Crippen molar-refractivity contribution in [2.75, 3.05) is 5.32 Å². The standard InChI is InChI=1S/C14H18N2O3/c1-8(2)12(14(18)19)16-13(17)11-7-9-5-3-4-6-10(9)15-11/h3-6,8,11-12,15H,7H2,1-2H3,(H,16,17)(H,18,19)/t11-,12+/m0/s1. The van der Waals surface area contributed by atoms with E-state index in [4.69, 9.17) is 5.11 Å². The number of rotatable bonds is 4. The Kier molecular flexibility index (Phi) is 3.74. The van der Waals surface area contributed by atoms with Gasteiger partial charge in [-0.25, -0.2) is 4.79 Å². The molecule has 3 N–H and O–H groups in total. The number of carbonyl (C=O) groups excluding carboxylic acids is 1. The third-order valence-corrected chi connectivity index (χ3v) is 3.32. The Morgan fingerprint density at radius 1 is 1.37 bits per heavy atom. The molecule has 5 nitrogen and oxygen atoms in total. The first-order chi connectivity index (χ1) is 8.99. The van der Waals surface area contributed by atoms with Crippen molar-refractivity contribution in [3.8, 4) is 0 Å². The van der Waals surface area contributed by atoms with Crippen LogP contribution < -0.4 is 10.6 Å². The molecule has 0 aromatic heterocycles. The summed E-state index contributed by atoms with van der Waals surface area (Å²) < 4.78 is 0. The van der Waals surface area contributed by atoms with Crippen molar-refractivity contribution in [3.63, 3.8) is 0 Å². The van der Waals surface area contributed by atoms with Gasteiger partial charge in [0.05, 0.1) is 0 Å². The summed E-state index contributed by atoms with van der Waals surface area (Å²) in [6, 6.07) is 6.47. The van der Waals surface area contributed by atoms with Crippen molar-refractivity contribution in [2.24, 2.45) is 5.92 Å². The molecule has 2 atom stereocenters. The Morgan fingerprint density at radius 2 is 2.05 bits per heavy atom. The average Bonchev–Trinajstić information content (AvgIpc) is 2.78. The average molecular weight is 262 g/mol. The van der Waals surface area contributed by atoms with Crippen LogP contribution in [0.25, 0.3) is 0 Å². The third-order valence-electron chi connectivity index (χ3n) is 3.32. The lowest BCUT2D eigenvalue weighted by atomic mass is 10.0. The minimum absolute atomic E-state index is 0.148. The number of aliphatic carboxylic acids is 1. The summed E-state index contributed by atoms with van der Waals surface area (Å²) in [5, 5.41) is 14.8. The van der Waals surface area contributed by atoms with Crippen LogP contribution in [0, 0.1) is 5.92 Å². The molecule has 102 valence electrons. The second-order valence-corrected chi connectivity index (χ2v) is 5.13. The highest BCUT2D eigenvalue weighted by Gasteiger charge is 2.30. The van der Waals surface area contributed by atoms with Gasteiger partial charge < -0.3 is 15.7 Å². The lowest BCUT2D eigenvalue weighted by molar-refractivity contribution is -0.143. The maximum absolute atomic E-state index is 12.1. The molecule has 0 bridgehead atoms. The fraction of sp³-hybridized carbons (Fsp3) is 0.429. The number of nitrogens with one attached hydrogen (secondary N) is 2. The number of fused-ring (bicyclic) bond motifs is 1. The molecule has 1 aliphatic rings. The largest absolute Gasteiger partial charge is 0.480 e. The summed E-state index contributed by atoms with van der Waals surface area (Å²) >= 11 is 0. The normalized spacial score (nSPS) is 18.6. The zero-order valence-corrected chi connectivity index (χ0v) is 11.0. The summed E-state index contributed by atoms with van der Waals surface area (Å²) in [6.45, 7) is 3.55.